The van der Waals surface area contributed by atoms with Crippen LogP contribution in [0.2, 0.25) is 0 Å². The van der Waals surface area contributed by atoms with Gasteiger partial charge in [0.25, 0.3) is 5.56 Å². The van der Waals surface area contributed by atoms with Gasteiger partial charge >= 0.3 is 11.3 Å². The molecule has 26 heavy (non-hydrogen) atoms. The molecule has 2 heterocycles. The van der Waals surface area contributed by atoms with Crippen LogP contribution in [0.1, 0.15) is 43.7 Å². The van der Waals surface area contributed by atoms with E-state index in [1.54, 1.807) is 0 Å². The summed E-state index contributed by atoms with van der Waals surface area (Å²) in [5.41, 5.74) is 0.144. The van der Waals surface area contributed by atoms with Gasteiger partial charge in [-0.05, 0) is 25.3 Å². The van der Waals surface area contributed by atoms with Crippen LogP contribution < -0.4 is 16.9 Å². The first-order valence-corrected chi connectivity index (χ1v) is 8.82. The molecule has 0 bridgehead atoms. The standard InChI is InChI=1S/C13H16N2O4.C7H8/c1-2-3-4-5-6-8-7-9(16)19-12-10(8)11(17)14-13(18)15-12;1-7-5-3-2-4-6-7/h7H,2-6H2,1H3,(H2,14,15,17,18);2-6H,1H3. The Hall–Kier alpha value is -2.89. The van der Waals surface area contributed by atoms with Crippen molar-refractivity contribution in [2.24, 2.45) is 0 Å². The fourth-order valence-electron chi connectivity index (χ4n) is 2.65. The van der Waals surface area contributed by atoms with Crippen LogP contribution in [0.15, 0.2) is 55.2 Å². The summed E-state index contributed by atoms with van der Waals surface area (Å²) in [6.45, 7) is 4.20. The summed E-state index contributed by atoms with van der Waals surface area (Å²) < 4.78 is 4.86. The van der Waals surface area contributed by atoms with Crippen molar-refractivity contribution in [1.82, 2.24) is 9.97 Å². The number of aromatic nitrogens is 2. The zero-order chi connectivity index (χ0) is 18.9. The summed E-state index contributed by atoms with van der Waals surface area (Å²) >= 11 is 0. The number of rotatable bonds is 5. The topological polar surface area (TPSA) is 95.9 Å². The second-order valence-corrected chi connectivity index (χ2v) is 6.17. The number of hydrogen-bond donors (Lipinski definition) is 2. The number of unbranched alkanes of at least 4 members (excludes halogenated alkanes) is 3. The Morgan fingerprint density at radius 1 is 0.962 bits per heavy atom. The third-order valence-corrected chi connectivity index (χ3v) is 3.96. The summed E-state index contributed by atoms with van der Waals surface area (Å²) in [5, 5.41) is 0.260. The Morgan fingerprint density at radius 2 is 1.69 bits per heavy atom. The number of aromatic amines is 2. The zero-order valence-electron chi connectivity index (χ0n) is 15.1. The van der Waals surface area contributed by atoms with E-state index in [1.807, 2.05) is 18.2 Å². The number of benzene rings is 1. The van der Waals surface area contributed by atoms with Crippen LogP contribution >= 0.6 is 0 Å². The summed E-state index contributed by atoms with van der Waals surface area (Å²) in [6, 6.07) is 11.6. The minimum Gasteiger partial charge on any atom is -0.405 e. The van der Waals surface area contributed by atoms with Crippen LogP contribution in [0.3, 0.4) is 0 Å². The van der Waals surface area contributed by atoms with Gasteiger partial charge < -0.3 is 4.42 Å². The van der Waals surface area contributed by atoms with Crippen LogP contribution in [-0.4, -0.2) is 9.97 Å². The van der Waals surface area contributed by atoms with Crippen molar-refractivity contribution in [2.45, 2.75) is 46.0 Å². The predicted molar refractivity (Wildman–Crippen MR) is 103 cm³/mol. The van der Waals surface area contributed by atoms with E-state index in [4.69, 9.17) is 4.42 Å². The van der Waals surface area contributed by atoms with Gasteiger partial charge in [0.1, 0.15) is 5.39 Å². The van der Waals surface area contributed by atoms with Gasteiger partial charge in [0.2, 0.25) is 5.71 Å². The first kappa shape index (κ1) is 19.4. The van der Waals surface area contributed by atoms with Gasteiger partial charge in [-0.25, -0.2) is 9.59 Å². The lowest BCUT2D eigenvalue weighted by Crippen LogP contribution is -2.24. The lowest BCUT2D eigenvalue weighted by molar-refractivity contribution is 0.543. The summed E-state index contributed by atoms with van der Waals surface area (Å²) in [5.74, 6) is 0. The highest BCUT2D eigenvalue weighted by molar-refractivity contribution is 5.75. The highest BCUT2D eigenvalue weighted by Crippen LogP contribution is 2.13. The second kappa shape index (κ2) is 9.56. The number of hydrogen-bond acceptors (Lipinski definition) is 4. The molecule has 6 heteroatoms. The third kappa shape index (κ3) is 5.58. The number of H-pyrrole nitrogens is 2. The molecule has 0 fully saturated rings. The third-order valence-electron chi connectivity index (χ3n) is 3.96. The van der Waals surface area contributed by atoms with Gasteiger partial charge in [0.05, 0.1) is 0 Å². The lowest BCUT2D eigenvalue weighted by Gasteiger charge is -2.03. The molecule has 0 aliphatic heterocycles. The summed E-state index contributed by atoms with van der Waals surface area (Å²) in [7, 11) is 0. The molecular formula is C20H24N2O4. The largest absolute Gasteiger partial charge is 0.405 e. The van der Waals surface area contributed by atoms with E-state index in [0.29, 0.717) is 12.0 Å². The molecule has 2 aromatic heterocycles. The van der Waals surface area contributed by atoms with Crippen molar-refractivity contribution in [3.05, 3.63) is 78.8 Å². The maximum atomic E-state index is 11.8. The Morgan fingerprint density at radius 3 is 2.31 bits per heavy atom. The summed E-state index contributed by atoms with van der Waals surface area (Å²) in [4.78, 5) is 38.8. The molecule has 3 rings (SSSR count). The molecule has 138 valence electrons. The van der Waals surface area contributed by atoms with Crippen molar-refractivity contribution in [3.63, 3.8) is 0 Å². The number of nitrogens with one attached hydrogen (secondary N) is 2. The minimum absolute atomic E-state index is 0.0493. The van der Waals surface area contributed by atoms with Crippen LogP contribution in [0.4, 0.5) is 0 Å². The SMILES string of the molecule is CCCCCCc1cc(=O)oc2[nH]c(=O)[nH]c(=O)c12.Cc1ccccc1. The summed E-state index contributed by atoms with van der Waals surface area (Å²) in [6.07, 6.45) is 4.79. The Bertz CT molecular complexity index is 995. The molecular weight excluding hydrogens is 332 g/mol. The van der Waals surface area contributed by atoms with E-state index in [-0.39, 0.29) is 11.1 Å². The molecule has 0 spiro atoms. The fraction of sp³-hybridized carbons (Fsp3) is 0.350. The number of fused-ring (bicyclic) bond motifs is 1. The van der Waals surface area contributed by atoms with E-state index in [0.717, 1.165) is 25.7 Å². The Labute approximate surface area is 150 Å². The van der Waals surface area contributed by atoms with Crippen molar-refractivity contribution in [3.8, 4) is 0 Å². The van der Waals surface area contributed by atoms with E-state index >= 15 is 0 Å². The van der Waals surface area contributed by atoms with E-state index in [1.165, 1.54) is 11.6 Å². The molecule has 0 unspecified atom stereocenters. The molecule has 0 aliphatic rings. The minimum atomic E-state index is -0.677. The highest BCUT2D eigenvalue weighted by atomic mass is 16.4. The molecule has 0 saturated heterocycles. The molecule has 0 saturated carbocycles. The maximum absolute atomic E-state index is 11.8. The normalized spacial score (nSPS) is 10.4. The van der Waals surface area contributed by atoms with Crippen LogP contribution in [0, 0.1) is 6.92 Å². The molecule has 3 aromatic rings. The molecule has 0 atom stereocenters. The van der Waals surface area contributed by atoms with Crippen molar-refractivity contribution >= 4 is 11.1 Å². The van der Waals surface area contributed by atoms with E-state index < -0.39 is 16.9 Å². The lowest BCUT2D eigenvalue weighted by atomic mass is 10.1. The molecule has 0 radical (unpaired) electrons. The predicted octanol–water partition coefficient (Wildman–Crippen LogP) is 3.29. The van der Waals surface area contributed by atoms with Gasteiger partial charge in [0.15, 0.2) is 0 Å². The van der Waals surface area contributed by atoms with Gasteiger partial charge in [-0.1, -0.05) is 62.1 Å². The monoisotopic (exact) mass is 356 g/mol. The first-order valence-electron chi connectivity index (χ1n) is 8.82. The number of aryl methyl sites for hydroxylation is 2. The van der Waals surface area contributed by atoms with Crippen molar-refractivity contribution in [1.29, 1.82) is 0 Å². The van der Waals surface area contributed by atoms with E-state index in [2.05, 4.69) is 35.9 Å². The van der Waals surface area contributed by atoms with Crippen LogP contribution in [-0.2, 0) is 6.42 Å². The fourth-order valence-corrected chi connectivity index (χ4v) is 2.65. The first-order chi connectivity index (χ1) is 12.5. The van der Waals surface area contributed by atoms with Crippen LogP contribution in [0.25, 0.3) is 11.1 Å². The molecule has 6 nitrogen and oxygen atoms in total. The average Bonchev–Trinajstić information content (AvgIpc) is 2.59. The average molecular weight is 356 g/mol. The second-order valence-electron chi connectivity index (χ2n) is 6.17. The smallest absolute Gasteiger partial charge is 0.337 e. The molecule has 2 N–H and O–H groups in total. The molecule has 0 amide bonds. The molecule has 0 aliphatic carbocycles. The zero-order valence-corrected chi connectivity index (χ0v) is 15.1. The van der Waals surface area contributed by atoms with Gasteiger partial charge in [-0.3, -0.25) is 14.8 Å². The molecule has 1 aromatic carbocycles. The van der Waals surface area contributed by atoms with Gasteiger partial charge in [-0.15, -0.1) is 0 Å². The quantitative estimate of drug-likeness (QED) is 0.686. The van der Waals surface area contributed by atoms with Gasteiger partial charge in [-0.2, -0.15) is 0 Å². The van der Waals surface area contributed by atoms with Gasteiger partial charge in [0, 0.05) is 6.07 Å². The Balaban J connectivity index is 0.000000290. The maximum Gasteiger partial charge on any atom is 0.337 e. The van der Waals surface area contributed by atoms with Crippen molar-refractivity contribution < 1.29 is 4.42 Å². The van der Waals surface area contributed by atoms with Crippen LogP contribution in [0.5, 0.6) is 0 Å². The van der Waals surface area contributed by atoms with E-state index in [9.17, 15) is 14.4 Å². The Kier molecular flexibility index (Phi) is 7.14. The van der Waals surface area contributed by atoms with Crippen molar-refractivity contribution in [2.75, 3.05) is 0 Å². The highest BCUT2D eigenvalue weighted by Gasteiger charge is 2.10.